The van der Waals surface area contributed by atoms with Gasteiger partial charge in [-0.05, 0) is 37.3 Å². The van der Waals surface area contributed by atoms with E-state index in [9.17, 15) is 8.42 Å². The number of rotatable bonds is 5. The van der Waals surface area contributed by atoms with Gasteiger partial charge in [-0.25, -0.2) is 8.42 Å². The summed E-state index contributed by atoms with van der Waals surface area (Å²) in [5.74, 6) is 1.02. The smallest absolute Gasteiger partial charge is 0.243 e. The minimum atomic E-state index is -3.46. The molecular weight excluding hydrogens is 310 g/mol. The number of hydrogen-bond donors (Lipinski definition) is 0. The lowest BCUT2D eigenvalue weighted by atomic mass is 10.0. The van der Waals surface area contributed by atoms with Gasteiger partial charge in [-0.15, -0.1) is 0 Å². The zero-order valence-electron chi connectivity index (χ0n) is 12.5. The highest BCUT2D eigenvalue weighted by Crippen LogP contribution is 2.30. The van der Waals surface area contributed by atoms with Gasteiger partial charge >= 0.3 is 0 Å². The van der Waals surface area contributed by atoms with Crippen molar-refractivity contribution in [2.75, 3.05) is 19.7 Å². The fourth-order valence-electron chi connectivity index (χ4n) is 2.34. The number of halogens is 1. The molecule has 4 nitrogen and oxygen atoms in total. The number of ether oxygens (including phenoxy) is 1. The van der Waals surface area contributed by atoms with Crippen molar-refractivity contribution < 1.29 is 13.2 Å². The van der Waals surface area contributed by atoms with E-state index in [0.717, 1.165) is 19.3 Å². The standard InChI is InChI=1S/C15H22ClNO3S/c1-3-10-20-15-11-13(4-5-14(15)16)21(18,19)17-8-6-12(2)7-9-17/h4-5,11-12H,3,6-10H2,1-2H3. The maximum atomic E-state index is 12.7. The maximum absolute atomic E-state index is 12.7. The van der Waals surface area contributed by atoms with E-state index in [0.29, 0.717) is 36.4 Å². The molecule has 1 aromatic rings. The van der Waals surface area contributed by atoms with Crippen LogP contribution in [0.5, 0.6) is 5.75 Å². The van der Waals surface area contributed by atoms with E-state index in [1.165, 1.54) is 6.07 Å². The van der Waals surface area contributed by atoms with Crippen LogP contribution in [0.25, 0.3) is 0 Å². The Labute approximate surface area is 132 Å². The quantitative estimate of drug-likeness (QED) is 0.829. The Morgan fingerprint density at radius 2 is 2.00 bits per heavy atom. The average Bonchev–Trinajstić information content (AvgIpc) is 2.46. The lowest BCUT2D eigenvalue weighted by Crippen LogP contribution is -2.37. The molecule has 0 N–H and O–H groups in total. The average molecular weight is 332 g/mol. The second-order valence-corrected chi connectivity index (χ2v) is 7.87. The fourth-order valence-corrected chi connectivity index (χ4v) is 4.00. The molecule has 6 heteroatoms. The van der Waals surface area contributed by atoms with Crippen LogP contribution in [0, 0.1) is 5.92 Å². The maximum Gasteiger partial charge on any atom is 0.243 e. The van der Waals surface area contributed by atoms with Crippen LogP contribution in [-0.2, 0) is 10.0 Å². The van der Waals surface area contributed by atoms with E-state index in [4.69, 9.17) is 16.3 Å². The SMILES string of the molecule is CCCOc1cc(S(=O)(=O)N2CCC(C)CC2)ccc1Cl. The Morgan fingerprint density at radius 1 is 1.33 bits per heavy atom. The summed E-state index contributed by atoms with van der Waals surface area (Å²) < 4.78 is 32.4. The van der Waals surface area contributed by atoms with Gasteiger partial charge in [-0.3, -0.25) is 0 Å². The van der Waals surface area contributed by atoms with Gasteiger partial charge in [0.15, 0.2) is 0 Å². The molecule has 0 aromatic heterocycles. The number of nitrogens with zero attached hydrogens (tertiary/aromatic N) is 1. The molecule has 21 heavy (non-hydrogen) atoms. The largest absolute Gasteiger partial charge is 0.492 e. The second kappa shape index (κ2) is 6.99. The van der Waals surface area contributed by atoms with Crippen molar-refractivity contribution in [2.24, 2.45) is 5.92 Å². The summed E-state index contributed by atoms with van der Waals surface area (Å²) in [7, 11) is -3.46. The van der Waals surface area contributed by atoms with Crippen molar-refractivity contribution in [3.05, 3.63) is 23.2 Å². The minimum Gasteiger partial charge on any atom is -0.492 e. The highest BCUT2D eigenvalue weighted by atomic mass is 35.5. The van der Waals surface area contributed by atoms with Gasteiger partial charge in [0.25, 0.3) is 0 Å². The van der Waals surface area contributed by atoms with Crippen LogP contribution in [0.3, 0.4) is 0 Å². The molecule has 0 amide bonds. The molecule has 0 saturated carbocycles. The normalized spacial score (nSPS) is 17.9. The van der Waals surface area contributed by atoms with Gasteiger partial charge in [-0.1, -0.05) is 25.4 Å². The second-order valence-electron chi connectivity index (χ2n) is 5.53. The third kappa shape index (κ3) is 3.90. The Bertz CT molecular complexity index is 581. The topological polar surface area (TPSA) is 46.6 Å². The van der Waals surface area contributed by atoms with Crippen molar-refractivity contribution in [3.8, 4) is 5.75 Å². The molecule has 1 aliphatic rings. The molecule has 0 bridgehead atoms. The van der Waals surface area contributed by atoms with Crippen LogP contribution in [0.1, 0.15) is 33.1 Å². The molecule has 0 atom stereocenters. The van der Waals surface area contributed by atoms with Gasteiger partial charge in [-0.2, -0.15) is 4.31 Å². The molecule has 1 aliphatic heterocycles. The number of benzene rings is 1. The number of sulfonamides is 1. The van der Waals surface area contributed by atoms with Crippen LogP contribution in [0.15, 0.2) is 23.1 Å². The van der Waals surface area contributed by atoms with Crippen LogP contribution >= 0.6 is 11.6 Å². The van der Waals surface area contributed by atoms with E-state index < -0.39 is 10.0 Å². The molecule has 0 spiro atoms. The van der Waals surface area contributed by atoms with Gasteiger partial charge in [0, 0.05) is 19.2 Å². The van der Waals surface area contributed by atoms with E-state index in [1.54, 1.807) is 16.4 Å². The lowest BCUT2D eigenvalue weighted by molar-refractivity contribution is 0.287. The summed E-state index contributed by atoms with van der Waals surface area (Å²) in [6, 6.07) is 4.67. The third-order valence-corrected chi connectivity index (χ3v) is 5.95. The van der Waals surface area contributed by atoms with Crippen molar-refractivity contribution in [1.29, 1.82) is 0 Å². The minimum absolute atomic E-state index is 0.257. The molecule has 2 rings (SSSR count). The van der Waals surface area contributed by atoms with Crippen LogP contribution in [-0.4, -0.2) is 32.4 Å². The summed E-state index contributed by atoms with van der Waals surface area (Å²) in [4.78, 5) is 0.257. The van der Waals surface area contributed by atoms with E-state index >= 15 is 0 Å². The Morgan fingerprint density at radius 3 is 2.62 bits per heavy atom. The van der Waals surface area contributed by atoms with Gasteiger partial charge in [0.1, 0.15) is 5.75 Å². The molecule has 1 heterocycles. The zero-order valence-corrected chi connectivity index (χ0v) is 14.1. The van der Waals surface area contributed by atoms with Crippen LogP contribution in [0.2, 0.25) is 5.02 Å². The molecule has 1 aromatic carbocycles. The van der Waals surface area contributed by atoms with Crippen molar-refractivity contribution >= 4 is 21.6 Å². The van der Waals surface area contributed by atoms with Crippen LogP contribution in [0.4, 0.5) is 0 Å². The Kier molecular flexibility index (Phi) is 5.52. The van der Waals surface area contributed by atoms with E-state index in [2.05, 4.69) is 6.92 Å². The van der Waals surface area contributed by atoms with Crippen molar-refractivity contribution in [2.45, 2.75) is 38.0 Å². The van der Waals surface area contributed by atoms with Gasteiger partial charge in [0.2, 0.25) is 10.0 Å². The first-order chi connectivity index (χ1) is 9.95. The highest BCUT2D eigenvalue weighted by molar-refractivity contribution is 7.89. The first kappa shape index (κ1) is 16.6. The summed E-state index contributed by atoms with van der Waals surface area (Å²) in [5, 5.41) is 0.440. The number of piperidine rings is 1. The van der Waals surface area contributed by atoms with E-state index in [1.807, 2.05) is 6.92 Å². The molecule has 1 fully saturated rings. The molecule has 0 aliphatic carbocycles. The Hall–Kier alpha value is -0.780. The zero-order chi connectivity index (χ0) is 15.5. The molecule has 0 radical (unpaired) electrons. The molecule has 0 unspecified atom stereocenters. The van der Waals surface area contributed by atoms with Crippen molar-refractivity contribution in [1.82, 2.24) is 4.31 Å². The lowest BCUT2D eigenvalue weighted by Gasteiger charge is -2.29. The fraction of sp³-hybridized carbons (Fsp3) is 0.600. The summed E-state index contributed by atoms with van der Waals surface area (Å²) in [5.41, 5.74) is 0. The summed E-state index contributed by atoms with van der Waals surface area (Å²) in [6.07, 6.45) is 2.66. The first-order valence-corrected chi connectivity index (χ1v) is 9.19. The van der Waals surface area contributed by atoms with Crippen LogP contribution < -0.4 is 4.74 Å². The third-order valence-electron chi connectivity index (χ3n) is 3.74. The van der Waals surface area contributed by atoms with Crippen molar-refractivity contribution in [3.63, 3.8) is 0 Å². The monoisotopic (exact) mass is 331 g/mol. The molecular formula is C15H22ClNO3S. The predicted molar refractivity (Wildman–Crippen MR) is 84.4 cm³/mol. The summed E-state index contributed by atoms with van der Waals surface area (Å²) >= 11 is 6.05. The van der Waals surface area contributed by atoms with Gasteiger partial charge in [0.05, 0.1) is 16.5 Å². The molecule has 1 saturated heterocycles. The number of hydrogen-bond acceptors (Lipinski definition) is 3. The summed E-state index contributed by atoms with van der Waals surface area (Å²) in [6.45, 7) is 5.82. The van der Waals surface area contributed by atoms with E-state index in [-0.39, 0.29) is 4.90 Å². The predicted octanol–water partition coefficient (Wildman–Crippen LogP) is 3.55. The van der Waals surface area contributed by atoms with Gasteiger partial charge < -0.3 is 4.74 Å². The Balaban J connectivity index is 2.23. The first-order valence-electron chi connectivity index (χ1n) is 7.37. The molecule has 118 valence electrons. The highest BCUT2D eigenvalue weighted by Gasteiger charge is 2.28.